The maximum Gasteiger partial charge on any atom is 0.242 e. The number of hydrogen-bond donors (Lipinski definition) is 2. The number of sulfonamides is 1. The highest BCUT2D eigenvalue weighted by molar-refractivity contribution is 7.89. The highest BCUT2D eigenvalue weighted by atomic mass is 32.2. The molecule has 0 radical (unpaired) electrons. The van der Waals surface area contributed by atoms with Crippen molar-refractivity contribution in [2.45, 2.75) is 11.0 Å². The number of ether oxygens (including phenoxy) is 2. The molecule has 0 saturated heterocycles. The number of fused-ring (bicyclic) bond motifs is 1. The van der Waals surface area contributed by atoms with Gasteiger partial charge in [-0.15, -0.1) is 0 Å². The molecular formula is C15H16N2O5S. The molecule has 0 amide bonds. The highest BCUT2D eigenvalue weighted by Gasteiger charge is 2.19. The van der Waals surface area contributed by atoms with Crippen molar-refractivity contribution >= 4 is 10.0 Å². The molecule has 0 spiro atoms. The Morgan fingerprint density at radius 3 is 2.74 bits per heavy atom. The molecule has 3 rings (SSSR count). The van der Waals surface area contributed by atoms with Crippen molar-refractivity contribution in [3.05, 3.63) is 48.3 Å². The number of aliphatic hydroxyl groups is 1. The van der Waals surface area contributed by atoms with Crippen molar-refractivity contribution in [3.63, 3.8) is 0 Å². The molecule has 1 aliphatic heterocycles. The minimum atomic E-state index is -3.71. The topological polar surface area (TPSA) is 97.8 Å². The van der Waals surface area contributed by atoms with E-state index in [2.05, 4.69) is 9.71 Å². The Hall–Kier alpha value is -2.16. The first-order valence-electron chi connectivity index (χ1n) is 7.03. The minimum absolute atomic E-state index is 0.0503. The standard InChI is InChI=1S/C15H16N2O5S/c18-13(10-17-23(19,20)12-2-1-5-16-9-12)11-3-4-14-15(8-11)22-7-6-21-14/h1-5,8-9,13,17-18H,6-7,10H2/t13-/m0/s1. The van der Waals surface area contributed by atoms with Gasteiger partial charge in [0, 0.05) is 18.9 Å². The summed E-state index contributed by atoms with van der Waals surface area (Å²) >= 11 is 0. The Kier molecular flexibility index (Phi) is 4.46. The molecule has 7 nitrogen and oxygen atoms in total. The second-order valence-electron chi connectivity index (χ2n) is 4.96. The number of benzene rings is 1. The smallest absolute Gasteiger partial charge is 0.242 e. The van der Waals surface area contributed by atoms with Gasteiger partial charge in [0.2, 0.25) is 10.0 Å². The first-order chi connectivity index (χ1) is 11.1. The van der Waals surface area contributed by atoms with Gasteiger partial charge in [0.25, 0.3) is 0 Å². The van der Waals surface area contributed by atoms with Crippen LogP contribution in [0.3, 0.4) is 0 Å². The van der Waals surface area contributed by atoms with Crippen LogP contribution in [-0.4, -0.2) is 38.3 Å². The first kappa shape index (κ1) is 15.7. The van der Waals surface area contributed by atoms with E-state index in [0.29, 0.717) is 30.3 Å². The number of hydrogen-bond acceptors (Lipinski definition) is 6. The van der Waals surface area contributed by atoms with Gasteiger partial charge in [-0.25, -0.2) is 13.1 Å². The maximum atomic E-state index is 12.1. The van der Waals surface area contributed by atoms with Crippen LogP contribution in [0.25, 0.3) is 0 Å². The fourth-order valence-corrected chi connectivity index (χ4v) is 3.16. The molecule has 2 N–H and O–H groups in total. The van der Waals surface area contributed by atoms with Gasteiger partial charge in [-0.05, 0) is 29.8 Å². The third-order valence-electron chi connectivity index (χ3n) is 3.36. The molecular weight excluding hydrogens is 320 g/mol. The summed E-state index contributed by atoms with van der Waals surface area (Å²) in [5.74, 6) is 1.16. The summed E-state index contributed by atoms with van der Waals surface area (Å²) in [6.45, 7) is 0.775. The van der Waals surface area contributed by atoms with Gasteiger partial charge >= 0.3 is 0 Å². The number of rotatable bonds is 5. The van der Waals surface area contributed by atoms with E-state index in [-0.39, 0.29) is 11.4 Å². The summed E-state index contributed by atoms with van der Waals surface area (Å²) in [4.78, 5) is 3.82. The monoisotopic (exact) mass is 336 g/mol. The summed E-state index contributed by atoms with van der Waals surface area (Å²) in [5, 5.41) is 10.2. The van der Waals surface area contributed by atoms with Crippen molar-refractivity contribution in [2.75, 3.05) is 19.8 Å². The first-order valence-corrected chi connectivity index (χ1v) is 8.52. The van der Waals surface area contributed by atoms with Crippen LogP contribution in [0.1, 0.15) is 11.7 Å². The van der Waals surface area contributed by atoms with Gasteiger partial charge in [0.05, 0.1) is 6.10 Å². The summed E-state index contributed by atoms with van der Waals surface area (Å²) in [6, 6.07) is 7.99. The zero-order valence-corrected chi connectivity index (χ0v) is 13.0. The molecule has 1 aliphatic rings. The Morgan fingerprint density at radius 1 is 1.22 bits per heavy atom. The molecule has 1 aromatic heterocycles. The Balaban J connectivity index is 1.69. The zero-order chi connectivity index (χ0) is 16.3. The minimum Gasteiger partial charge on any atom is -0.486 e. The average molecular weight is 336 g/mol. The molecule has 23 heavy (non-hydrogen) atoms. The van der Waals surface area contributed by atoms with Gasteiger partial charge in [-0.2, -0.15) is 0 Å². The molecule has 2 heterocycles. The molecule has 0 bridgehead atoms. The molecule has 122 valence electrons. The molecule has 0 fully saturated rings. The maximum absolute atomic E-state index is 12.1. The van der Waals surface area contributed by atoms with E-state index in [0.717, 1.165) is 0 Å². The van der Waals surface area contributed by atoms with Gasteiger partial charge in [0.1, 0.15) is 18.1 Å². The van der Waals surface area contributed by atoms with Crippen LogP contribution in [0.4, 0.5) is 0 Å². The fourth-order valence-electron chi connectivity index (χ4n) is 2.16. The van der Waals surface area contributed by atoms with Gasteiger partial charge < -0.3 is 14.6 Å². The predicted octanol–water partition coefficient (Wildman–Crippen LogP) is 0.865. The molecule has 8 heteroatoms. The van der Waals surface area contributed by atoms with Crippen LogP contribution >= 0.6 is 0 Å². The third-order valence-corrected chi connectivity index (χ3v) is 4.77. The van der Waals surface area contributed by atoms with Crippen molar-refractivity contribution in [1.29, 1.82) is 0 Å². The van der Waals surface area contributed by atoms with Crippen molar-refractivity contribution in [3.8, 4) is 11.5 Å². The zero-order valence-electron chi connectivity index (χ0n) is 12.2. The normalized spacial score (nSPS) is 15.2. The van der Waals surface area contributed by atoms with Crippen LogP contribution in [0.5, 0.6) is 11.5 Å². The second-order valence-corrected chi connectivity index (χ2v) is 6.73. The molecule has 0 saturated carbocycles. The van der Waals surface area contributed by atoms with Crippen molar-refractivity contribution < 1.29 is 23.0 Å². The lowest BCUT2D eigenvalue weighted by Gasteiger charge is -2.20. The van der Waals surface area contributed by atoms with Crippen LogP contribution in [-0.2, 0) is 10.0 Å². The molecule has 2 aromatic rings. The van der Waals surface area contributed by atoms with E-state index in [1.54, 1.807) is 18.2 Å². The largest absolute Gasteiger partial charge is 0.486 e. The van der Waals surface area contributed by atoms with E-state index in [1.807, 2.05) is 0 Å². The van der Waals surface area contributed by atoms with Gasteiger partial charge in [-0.3, -0.25) is 4.98 Å². The molecule has 0 aliphatic carbocycles. The lowest BCUT2D eigenvalue weighted by Crippen LogP contribution is -2.28. The SMILES string of the molecule is O=S(=O)(NC[C@H](O)c1ccc2c(c1)OCCO2)c1cccnc1. The quantitative estimate of drug-likeness (QED) is 0.841. The molecule has 1 aromatic carbocycles. The van der Waals surface area contributed by atoms with Gasteiger partial charge in [0.15, 0.2) is 11.5 Å². The number of pyridine rings is 1. The van der Waals surface area contributed by atoms with Crippen LogP contribution in [0, 0.1) is 0 Å². The number of nitrogens with zero attached hydrogens (tertiary/aromatic N) is 1. The van der Waals surface area contributed by atoms with Crippen LogP contribution in [0.15, 0.2) is 47.6 Å². The van der Waals surface area contributed by atoms with Gasteiger partial charge in [-0.1, -0.05) is 6.07 Å². The number of aliphatic hydroxyl groups excluding tert-OH is 1. The Bertz CT molecular complexity index is 780. The fraction of sp³-hybridized carbons (Fsp3) is 0.267. The van der Waals surface area contributed by atoms with Crippen LogP contribution in [0.2, 0.25) is 0 Å². The van der Waals surface area contributed by atoms with Crippen molar-refractivity contribution in [2.24, 2.45) is 0 Å². The predicted molar refractivity (Wildman–Crippen MR) is 81.8 cm³/mol. The lowest BCUT2D eigenvalue weighted by atomic mass is 10.1. The van der Waals surface area contributed by atoms with E-state index in [9.17, 15) is 13.5 Å². The van der Waals surface area contributed by atoms with Crippen LogP contribution < -0.4 is 14.2 Å². The number of nitrogens with one attached hydrogen (secondary N) is 1. The summed E-state index contributed by atoms with van der Waals surface area (Å²) < 4.78 is 37.4. The lowest BCUT2D eigenvalue weighted by molar-refractivity contribution is 0.165. The van der Waals surface area contributed by atoms with Crippen molar-refractivity contribution in [1.82, 2.24) is 9.71 Å². The highest BCUT2D eigenvalue weighted by Crippen LogP contribution is 2.32. The second kappa shape index (κ2) is 6.53. The molecule has 0 unspecified atom stereocenters. The average Bonchev–Trinajstić information content (AvgIpc) is 2.60. The Labute approximate surface area is 133 Å². The summed E-state index contributed by atoms with van der Waals surface area (Å²) in [5.41, 5.74) is 0.545. The molecule has 1 atom stereocenters. The summed E-state index contributed by atoms with van der Waals surface area (Å²) in [7, 11) is -3.71. The van der Waals surface area contributed by atoms with E-state index >= 15 is 0 Å². The van der Waals surface area contributed by atoms with E-state index in [4.69, 9.17) is 9.47 Å². The number of aromatic nitrogens is 1. The van der Waals surface area contributed by atoms with E-state index in [1.165, 1.54) is 24.5 Å². The Morgan fingerprint density at radius 2 is 2.00 bits per heavy atom. The van der Waals surface area contributed by atoms with E-state index < -0.39 is 16.1 Å². The third kappa shape index (κ3) is 3.61. The summed E-state index contributed by atoms with van der Waals surface area (Å²) in [6.07, 6.45) is 1.74.